The molecule has 2 nitrogen and oxygen atoms in total. The Kier molecular flexibility index (Phi) is 4.03. The lowest BCUT2D eigenvalue weighted by molar-refractivity contribution is 0.256. The standard InChI is InChI=1S/C18H21NO/c1-19-18(16-7-8-16)13-20-17-11-9-15(10-12-17)14-5-3-2-4-6-14/h2-6,9-12,16,18-19H,7-8,13H2,1H3. The molecule has 2 aromatic carbocycles. The van der Waals surface area contributed by atoms with Gasteiger partial charge in [0.15, 0.2) is 0 Å². The van der Waals surface area contributed by atoms with Crippen LogP contribution in [-0.4, -0.2) is 19.7 Å². The minimum absolute atomic E-state index is 0.490. The van der Waals surface area contributed by atoms with Crippen LogP contribution in [0.4, 0.5) is 0 Å². The van der Waals surface area contributed by atoms with Gasteiger partial charge in [0.1, 0.15) is 12.4 Å². The Morgan fingerprint density at radius 1 is 1.00 bits per heavy atom. The first-order chi connectivity index (χ1) is 9.86. The summed E-state index contributed by atoms with van der Waals surface area (Å²) in [5.41, 5.74) is 2.47. The number of rotatable bonds is 6. The Morgan fingerprint density at radius 3 is 2.25 bits per heavy atom. The van der Waals surface area contributed by atoms with Crippen molar-refractivity contribution < 1.29 is 4.74 Å². The highest BCUT2D eigenvalue weighted by Gasteiger charge is 2.30. The summed E-state index contributed by atoms with van der Waals surface area (Å²) in [6.45, 7) is 0.756. The molecule has 3 rings (SSSR count). The molecule has 20 heavy (non-hydrogen) atoms. The van der Waals surface area contributed by atoms with E-state index in [4.69, 9.17) is 4.74 Å². The summed E-state index contributed by atoms with van der Waals surface area (Å²) in [6.07, 6.45) is 2.67. The Balaban J connectivity index is 1.61. The maximum absolute atomic E-state index is 5.89. The molecule has 1 atom stereocenters. The van der Waals surface area contributed by atoms with E-state index in [9.17, 15) is 0 Å². The predicted molar refractivity (Wildman–Crippen MR) is 82.9 cm³/mol. The van der Waals surface area contributed by atoms with Crippen molar-refractivity contribution in [1.82, 2.24) is 5.32 Å². The largest absolute Gasteiger partial charge is 0.492 e. The van der Waals surface area contributed by atoms with Crippen molar-refractivity contribution >= 4 is 0 Å². The van der Waals surface area contributed by atoms with Crippen LogP contribution in [0.1, 0.15) is 12.8 Å². The van der Waals surface area contributed by atoms with Crippen LogP contribution in [0, 0.1) is 5.92 Å². The quantitative estimate of drug-likeness (QED) is 0.861. The molecule has 1 saturated carbocycles. The fourth-order valence-electron chi connectivity index (χ4n) is 2.51. The molecule has 0 aliphatic heterocycles. The summed E-state index contributed by atoms with van der Waals surface area (Å²) in [6, 6.07) is 19.3. The van der Waals surface area contributed by atoms with Crippen molar-refractivity contribution in [2.24, 2.45) is 5.92 Å². The van der Waals surface area contributed by atoms with Gasteiger partial charge in [-0.15, -0.1) is 0 Å². The van der Waals surface area contributed by atoms with Gasteiger partial charge in [-0.25, -0.2) is 0 Å². The lowest BCUT2D eigenvalue weighted by Gasteiger charge is -2.16. The van der Waals surface area contributed by atoms with Gasteiger partial charge >= 0.3 is 0 Å². The molecular weight excluding hydrogens is 246 g/mol. The van der Waals surface area contributed by atoms with Crippen molar-refractivity contribution in [3.8, 4) is 16.9 Å². The number of likely N-dealkylation sites (N-methyl/N-ethyl adjacent to an activating group) is 1. The molecule has 2 heteroatoms. The second-order valence-electron chi connectivity index (χ2n) is 5.43. The highest BCUT2D eigenvalue weighted by Crippen LogP contribution is 2.32. The molecule has 1 N–H and O–H groups in total. The van der Waals surface area contributed by atoms with Crippen LogP contribution in [0.25, 0.3) is 11.1 Å². The lowest BCUT2D eigenvalue weighted by atomic mass is 10.1. The Labute approximate surface area is 120 Å². The molecule has 0 bridgehead atoms. The Hall–Kier alpha value is -1.80. The first-order valence-electron chi connectivity index (χ1n) is 7.32. The molecule has 1 aliphatic carbocycles. The van der Waals surface area contributed by atoms with Crippen molar-refractivity contribution in [2.45, 2.75) is 18.9 Å². The topological polar surface area (TPSA) is 21.3 Å². The molecule has 2 aromatic rings. The first-order valence-corrected chi connectivity index (χ1v) is 7.32. The highest BCUT2D eigenvalue weighted by molar-refractivity contribution is 5.63. The summed E-state index contributed by atoms with van der Waals surface area (Å²) in [5.74, 6) is 1.76. The number of hydrogen-bond acceptors (Lipinski definition) is 2. The zero-order chi connectivity index (χ0) is 13.8. The zero-order valence-electron chi connectivity index (χ0n) is 11.9. The normalized spacial score (nSPS) is 15.8. The maximum atomic E-state index is 5.89. The molecule has 0 amide bonds. The first kappa shape index (κ1) is 13.2. The summed E-state index contributed by atoms with van der Waals surface area (Å²) < 4.78 is 5.89. The van der Waals surface area contributed by atoms with Crippen LogP contribution in [0.2, 0.25) is 0 Å². The van der Waals surface area contributed by atoms with Crippen LogP contribution in [-0.2, 0) is 0 Å². The van der Waals surface area contributed by atoms with Gasteiger partial charge in [0.25, 0.3) is 0 Å². The lowest BCUT2D eigenvalue weighted by Crippen LogP contribution is -2.33. The predicted octanol–water partition coefficient (Wildman–Crippen LogP) is 3.73. The molecule has 0 saturated heterocycles. The molecule has 0 spiro atoms. The zero-order valence-corrected chi connectivity index (χ0v) is 11.9. The molecule has 0 radical (unpaired) electrons. The van der Waals surface area contributed by atoms with E-state index in [2.05, 4.69) is 53.8 Å². The molecule has 1 unspecified atom stereocenters. The van der Waals surface area contributed by atoms with Crippen molar-refractivity contribution in [3.05, 3.63) is 54.6 Å². The SMILES string of the molecule is CNC(COc1ccc(-c2ccccc2)cc1)C1CC1. The highest BCUT2D eigenvalue weighted by atomic mass is 16.5. The van der Waals surface area contributed by atoms with E-state index in [1.165, 1.54) is 24.0 Å². The van der Waals surface area contributed by atoms with Gasteiger partial charge < -0.3 is 10.1 Å². The van der Waals surface area contributed by atoms with Gasteiger partial charge in [-0.2, -0.15) is 0 Å². The van der Waals surface area contributed by atoms with Crippen LogP contribution >= 0.6 is 0 Å². The molecule has 0 heterocycles. The van der Waals surface area contributed by atoms with Crippen molar-refractivity contribution in [3.63, 3.8) is 0 Å². The van der Waals surface area contributed by atoms with Crippen LogP contribution in [0.5, 0.6) is 5.75 Å². The van der Waals surface area contributed by atoms with E-state index in [1.54, 1.807) is 0 Å². The maximum Gasteiger partial charge on any atom is 0.119 e. The average Bonchev–Trinajstić information content (AvgIpc) is 3.34. The molecule has 104 valence electrons. The van der Waals surface area contributed by atoms with E-state index in [0.717, 1.165) is 18.3 Å². The number of ether oxygens (including phenoxy) is 1. The van der Waals surface area contributed by atoms with E-state index < -0.39 is 0 Å². The third-order valence-corrected chi connectivity index (χ3v) is 3.95. The fraction of sp³-hybridized carbons (Fsp3) is 0.333. The van der Waals surface area contributed by atoms with E-state index >= 15 is 0 Å². The van der Waals surface area contributed by atoms with E-state index in [1.807, 2.05) is 13.1 Å². The summed E-state index contributed by atoms with van der Waals surface area (Å²) >= 11 is 0. The van der Waals surface area contributed by atoms with Gasteiger partial charge in [-0.3, -0.25) is 0 Å². The average molecular weight is 267 g/mol. The smallest absolute Gasteiger partial charge is 0.119 e. The van der Waals surface area contributed by atoms with Gasteiger partial charge in [0.05, 0.1) is 0 Å². The second kappa shape index (κ2) is 6.10. The van der Waals surface area contributed by atoms with Gasteiger partial charge in [-0.1, -0.05) is 42.5 Å². The number of benzene rings is 2. The van der Waals surface area contributed by atoms with Gasteiger partial charge in [-0.05, 0) is 49.1 Å². The molecular formula is C18H21NO. The van der Waals surface area contributed by atoms with E-state index in [0.29, 0.717) is 6.04 Å². The number of nitrogens with one attached hydrogen (secondary N) is 1. The summed E-state index contributed by atoms with van der Waals surface area (Å²) in [4.78, 5) is 0. The second-order valence-corrected chi connectivity index (χ2v) is 5.43. The number of hydrogen-bond donors (Lipinski definition) is 1. The third kappa shape index (κ3) is 3.20. The van der Waals surface area contributed by atoms with Crippen LogP contribution in [0.3, 0.4) is 0 Å². The monoisotopic (exact) mass is 267 g/mol. The third-order valence-electron chi connectivity index (χ3n) is 3.95. The summed E-state index contributed by atoms with van der Waals surface area (Å²) in [5, 5.41) is 3.35. The Morgan fingerprint density at radius 2 is 1.65 bits per heavy atom. The van der Waals surface area contributed by atoms with E-state index in [-0.39, 0.29) is 0 Å². The van der Waals surface area contributed by atoms with Gasteiger partial charge in [0, 0.05) is 6.04 Å². The fourth-order valence-corrected chi connectivity index (χ4v) is 2.51. The summed E-state index contributed by atoms with van der Waals surface area (Å²) in [7, 11) is 2.02. The molecule has 1 aliphatic rings. The molecule has 0 aromatic heterocycles. The van der Waals surface area contributed by atoms with Crippen LogP contribution < -0.4 is 10.1 Å². The Bertz CT molecular complexity index is 531. The minimum atomic E-state index is 0.490. The molecule has 1 fully saturated rings. The van der Waals surface area contributed by atoms with Gasteiger partial charge in [0.2, 0.25) is 0 Å². The van der Waals surface area contributed by atoms with Crippen LogP contribution in [0.15, 0.2) is 54.6 Å². The van der Waals surface area contributed by atoms with Crippen molar-refractivity contribution in [2.75, 3.05) is 13.7 Å². The van der Waals surface area contributed by atoms with Crippen molar-refractivity contribution in [1.29, 1.82) is 0 Å². The minimum Gasteiger partial charge on any atom is -0.492 e.